The Balaban J connectivity index is 4.57. The third-order valence-corrected chi connectivity index (χ3v) is 13.1. The highest BCUT2D eigenvalue weighted by Crippen LogP contribution is 2.16. The van der Waals surface area contributed by atoms with E-state index in [0.717, 1.165) is 109 Å². The van der Waals surface area contributed by atoms with Gasteiger partial charge in [0.2, 0.25) is 0 Å². The Morgan fingerprint density at radius 3 is 0.859 bits per heavy atom. The first kappa shape index (κ1) is 73.3. The van der Waals surface area contributed by atoms with Crippen molar-refractivity contribution in [3.8, 4) is 0 Å². The van der Waals surface area contributed by atoms with Gasteiger partial charge in [0.15, 0.2) is 6.10 Å². The number of hydrogen-bond acceptors (Lipinski definition) is 6. The third kappa shape index (κ3) is 62.1. The van der Waals surface area contributed by atoms with Gasteiger partial charge in [-0.25, -0.2) is 0 Å². The lowest BCUT2D eigenvalue weighted by Crippen LogP contribution is -2.30. The van der Waals surface area contributed by atoms with Crippen LogP contribution >= 0.6 is 0 Å². The second kappa shape index (κ2) is 64.8. The van der Waals surface area contributed by atoms with Gasteiger partial charge in [-0.2, -0.15) is 0 Å². The van der Waals surface area contributed by atoms with Gasteiger partial charge in [0.25, 0.3) is 0 Å². The van der Waals surface area contributed by atoms with Gasteiger partial charge in [0.1, 0.15) is 13.2 Å². The Morgan fingerprint density at radius 1 is 0.269 bits per heavy atom. The highest BCUT2D eigenvalue weighted by Gasteiger charge is 2.19. The molecule has 0 bridgehead atoms. The molecule has 0 aliphatic carbocycles. The first-order chi connectivity index (χ1) is 38.5. The molecule has 0 N–H and O–H groups in total. The van der Waals surface area contributed by atoms with Crippen LogP contribution in [0.25, 0.3) is 0 Å². The van der Waals surface area contributed by atoms with Crippen LogP contribution in [0.1, 0.15) is 271 Å². The molecule has 0 aliphatic heterocycles. The fourth-order valence-corrected chi connectivity index (χ4v) is 8.41. The molecular weight excluding hydrogens is 961 g/mol. The zero-order chi connectivity index (χ0) is 56.4. The van der Waals surface area contributed by atoms with Crippen LogP contribution < -0.4 is 0 Å². The normalized spacial score (nSPS) is 13.1. The predicted molar refractivity (Wildman–Crippen MR) is 339 cm³/mol. The van der Waals surface area contributed by atoms with Crippen molar-refractivity contribution in [2.75, 3.05) is 13.2 Å². The van der Waals surface area contributed by atoms with E-state index in [-0.39, 0.29) is 44.0 Å². The Bertz CT molecular complexity index is 1710. The summed E-state index contributed by atoms with van der Waals surface area (Å²) in [6.45, 7) is 6.33. The second-order valence-corrected chi connectivity index (χ2v) is 20.6. The maximum atomic E-state index is 12.9. The van der Waals surface area contributed by atoms with Gasteiger partial charge in [0, 0.05) is 19.3 Å². The van der Waals surface area contributed by atoms with Crippen LogP contribution in [-0.4, -0.2) is 37.2 Å². The number of rotatable bonds is 56. The molecule has 0 radical (unpaired) electrons. The molecule has 0 aromatic carbocycles. The summed E-state index contributed by atoms with van der Waals surface area (Å²) in [6.07, 6.45) is 92.9. The van der Waals surface area contributed by atoms with Crippen molar-refractivity contribution in [1.82, 2.24) is 0 Å². The molecule has 0 aromatic rings. The highest BCUT2D eigenvalue weighted by atomic mass is 16.6. The summed E-state index contributed by atoms with van der Waals surface area (Å²) >= 11 is 0. The maximum Gasteiger partial charge on any atom is 0.306 e. The van der Waals surface area contributed by atoms with E-state index in [4.69, 9.17) is 14.2 Å². The van der Waals surface area contributed by atoms with Crippen molar-refractivity contribution in [3.63, 3.8) is 0 Å². The molecular formula is C72H116O6. The number of allylic oxidation sites excluding steroid dienone is 24. The summed E-state index contributed by atoms with van der Waals surface area (Å²) in [6, 6.07) is 0. The summed E-state index contributed by atoms with van der Waals surface area (Å²) in [5.41, 5.74) is 0. The lowest BCUT2D eigenvalue weighted by molar-refractivity contribution is -0.166. The van der Waals surface area contributed by atoms with Crippen molar-refractivity contribution in [3.05, 3.63) is 146 Å². The number of ether oxygens (including phenoxy) is 3. The van der Waals surface area contributed by atoms with Gasteiger partial charge in [0.05, 0.1) is 0 Å². The molecule has 0 fully saturated rings. The highest BCUT2D eigenvalue weighted by molar-refractivity contribution is 5.71. The Kier molecular flexibility index (Phi) is 60.9. The minimum atomic E-state index is -0.833. The molecule has 1 atom stereocenters. The summed E-state index contributed by atoms with van der Waals surface area (Å²) in [5, 5.41) is 0. The Labute approximate surface area is 480 Å². The van der Waals surface area contributed by atoms with Crippen molar-refractivity contribution in [2.24, 2.45) is 0 Å². The lowest BCUT2D eigenvalue weighted by Gasteiger charge is -2.18. The van der Waals surface area contributed by atoms with Crippen LogP contribution in [-0.2, 0) is 28.6 Å². The van der Waals surface area contributed by atoms with Gasteiger partial charge in [-0.3, -0.25) is 14.4 Å². The van der Waals surface area contributed by atoms with E-state index >= 15 is 0 Å². The molecule has 0 amide bonds. The molecule has 1 unspecified atom stereocenters. The van der Waals surface area contributed by atoms with E-state index in [0.29, 0.717) is 19.3 Å². The average molecular weight is 1080 g/mol. The van der Waals surface area contributed by atoms with Crippen molar-refractivity contribution >= 4 is 17.9 Å². The molecule has 440 valence electrons. The van der Waals surface area contributed by atoms with Gasteiger partial charge < -0.3 is 14.2 Å². The number of carbonyl (C=O) groups excluding carboxylic acids is 3. The molecule has 0 saturated carbocycles. The van der Waals surface area contributed by atoms with Crippen molar-refractivity contribution in [1.29, 1.82) is 0 Å². The number of hydrogen-bond donors (Lipinski definition) is 0. The molecule has 0 aromatic heterocycles. The molecule has 6 nitrogen and oxygen atoms in total. The molecule has 0 rings (SSSR count). The average Bonchev–Trinajstić information content (AvgIpc) is 3.44. The van der Waals surface area contributed by atoms with Crippen molar-refractivity contribution < 1.29 is 28.6 Å². The third-order valence-electron chi connectivity index (χ3n) is 13.1. The predicted octanol–water partition coefficient (Wildman–Crippen LogP) is 21.9. The summed E-state index contributed by atoms with van der Waals surface area (Å²) < 4.78 is 16.8. The first-order valence-electron chi connectivity index (χ1n) is 31.8. The molecule has 0 aliphatic rings. The summed E-state index contributed by atoms with van der Waals surface area (Å²) in [5.74, 6) is -1.05. The zero-order valence-corrected chi connectivity index (χ0v) is 50.4. The van der Waals surface area contributed by atoms with Crippen LogP contribution in [0, 0.1) is 0 Å². The molecule has 0 saturated heterocycles. The number of esters is 3. The van der Waals surface area contributed by atoms with E-state index < -0.39 is 6.10 Å². The topological polar surface area (TPSA) is 78.9 Å². The Hall–Kier alpha value is -4.71. The second-order valence-electron chi connectivity index (χ2n) is 20.6. The first-order valence-corrected chi connectivity index (χ1v) is 31.8. The van der Waals surface area contributed by atoms with E-state index in [1.807, 2.05) is 6.08 Å². The van der Waals surface area contributed by atoms with Gasteiger partial charge in [-0.05, 0) is 109 Å². The zero-order valence-electron chi connectivity index (χ0n) is 50.4. The summed E-state index contributed by atoms with van der Waals surface area (Å²) in [7, 11) is 0. The minimum Gasteiger partial charge on any atom is -0.462 e. The van der Waals surface area contributed by atoms with Crippen LogP contribution in [0.5, 0.6) is 0 Å². The fourth-order valence-electron chi connectivity index (χ4n) is 8.41. The quantitative estimate of drug-likeness (QED) is 0.0261. The van der Waals surface area contributed by atoms with Crippen LogP contribution in [0.15, 0.2) is 146 Å². The number of unbranched alkanes of at least 4 members (excludes halogenated alkanes) is 21. The lowest BCUT2D eigenvalue weighted by atomic mass is 10.0. The standard InChI is InChI=1S/C72H116O6/c1-4-7-10-13-16-19-22-25-28-31-34-36-39-41-44-47-50-53-56-59-62-65-71(74)77-68-69(67-76-70(73)64-61-58-55-52-49-46-43-40-37-33-30-27-24-21-18-15-12-9-6-3)78-72(75)66-63-60-57-54-51-48-45-42-38-35-32-29-26-23-20-17-14-11-8-5-2/h7,9-10,12,16,18-19,21,25,27-28,30,34,36-37,40-41,44,46,49-50,53,55,58,69H,4-6,8,11,13-15,17,20,22-24,26,29,31-33,35,38-39,42-43,45,47-48,51-52,54,56-57,59-68H2,1-3H3/b10-7-,12-9-,19-16-,21-18-,28-25-,30-27-,36-34-,40-37-,44-41-,49-46-,53-50-,58-55-. The number of carbonyl (C=O) groups is 3. The van der Waals surface area contributed by atoms with Crippen LogP contribution in [0.2, 0.25) is 0 Å². The van der Waals surface area contributed by atoms with Gasteiger partial charge >= 0.3 is 17.9 Å². The van der Waals surface area contributed by atoms with Crippen molar-refractivity contribution in [2.45, 2.75) is 277 Å². The van der Waals surface area contributed by atoms with Crippen LogP contribution in [0.3, 0.4) is 0 Å². The van der Waals surface area contributed by atoms with E-state index in [1.165, 1.54) is 109 Å². The SMILES string of the molecule is CC/C=C\C/C=C\C/C=C\C/C=C\C/C=C\C/C=C\CCCCC(=O)OCC(COC(=O)CC/C=C\C/C=C\C/C=C\C/C=C\C/C=C\C/C=C\CC)OC(=O)CCCCCCCCCCCCCCCCCCCCCC. The molecule has 0 heterocycles. The van der Waals surface area contributed by atoms with E-state index in [9.17, 15) is 14.4 Å². The molecule has 0 spiro atoms. The van der Waals surface area contributed by atoms with Gasteiger partial charge in [-0.15, -0.1) is 0 Å². The summed E-state index contributed by atoms with van der Waals surface area (Å²) in [4.78, 5) is 38.3. The monoisotopic (exact) mass is 1080 g/mol. The minimum absolute atomic E-state index is 0.128. The largest absolute Gasteiger partial charge is 0.462 e. The fraction of sp³-hybridized carbons (Fsp3) is 0.625. The smallest absolute Gasteiger partial charge is 0.306 e. The van der Waals surface area contributed by atoms with E-state index in [2.05, 4.69) is 161 Å². The van der Waals surface area contributed by atoms with Crippen LogP contribution in [0.4, 0.5) is 0 Å². The van der Waals surface area contributed by atoms with Gasteiger partial charge in [-0.1, -0.05) is 289 Å². The molecule has 6 heteroatoms. The maximum absolute atomic E-state index is 12.9. The molecule has 78 heavy (non-hydrogen) atoms. The van der Waals surface area contributed by atoms with E-state index in [1.54, 1.807) is 0 Å². The Morgan fingerprint density at radius 2 is 0.526 bits per heavy atom.